The van der Waals surface area contributed by atoms with Crippen LogP contribution < -0.4 is 9.47 Å². The molecule has 2 aromatic rings. The van der Waals surface area contributed by atoms with E-state index in [1.165, 1.54) is 103 Å². The molecular weight excluding hydrogens is 482 g/mol. The van der Waals surface area contributed by atoms with Crippen molar-refractivity contribution in [2.75, 3.05) is 13.2 Å². The van der Waals surface area contributed by atoms with Crippen molar-refractivity contribution in [1.82, 2.24) is 0 Å². The Bertz CT molecular complexity index is 878. The minimum absolute atomic E-state index is 0.184. The molecule has 0 saturated heterocycles. The first kappa shape index (κ1) is 32.7. The van der Waals surface area contributed by atoms with Gasteiger partial charge in [0.1, 0.15) is 17.2 Å². The van der Waals surface area contributed by atoms with Crippen LogP contribution in [0.25, 0.3) is 0 Å². The number of hydrogen-bond donors (Lipinski definition) is 1. The van der Waals surface area contributed by atoms with E-state index in [0.29, 0.717) is 17.9 Å². The van der Waals surface area contributed by atoms with Gasteiger partial charge in [-0.3, -0.25) is 4.99 Å². The summed E-state index contributed by atoms with van der Waals surface area (Å²) in [5.41, 5.74) is 1.51. The molecule has 0 aliphatic heterocycles. The van der Waals surface area contributed by atoms with Crippen LogP contribution in [-0.4, -0.2) is 24.5 Å². The van der Waals surface area contributed by atoms with Gasteiger partial charge in [0.15, 0.2) is 0 Å². The summed E-state index contributed by atoms with van der Waals surface area (Å²) < 4.78 is 11.7. The molecule has 4 heteroatoms. The number of rotatable bonds is 24. The molecule has 218 valence electrons. The third-order valence-electron chi connectivity index (χ3n) is 7.22. The van der Waals surface area contributed by atoms with Gasteiger partial charge in [-0.05, 0) is 49.2 Å². The summed E-state index contributed by atoms with van der Waals surface area (Å²) in [7, 11) is 0. The predicted octanol–water partition coefficient (Wildman–Crippen LogP) is 11.0. The Morgan fingerprint density at radius 2 is 1.00 bits per heavy atom. The summed E-state index contributed by atoms with van der Waals surface area (Å²) >= 11 is 0. The molecule has 0 aliphatic rings. The normalized spacial score (nSPS) is 11.3. The van der Waals surface area contributed by atoms with E-state index in [9.17, 15) is 5.11 Å². The Morgan fingerprint density at radius 3 is 1.49 bits per heavy atom. The predicted molar refractivity (Wildman–Crippen MR) is 167 cm³/mol. The van der Waals surface area contributed by atoms with Gasteiger partial charge in [0, 0.05) is 17.8 Å². The largest absolute Gasteiger partial charge is 0.507 e. The number of unbranched alkanes of at least 4 members (excludes halogenated alkanes) is 16. The van der Waals surface area contributed by atoms with Crippen molar-refractivity contribution in [3.05, 3.63) is 48.0 Å². The minimum Gasteiger partial charge on any atom is -0.507 e. The lowest BCUT2D eigenvalue weighted by atomic mass is 10.1. The number of hydrogen-bond acceptors (Lipinski definition) is 4. The van der Waals surface area contributed by atoms with Gasteiger partial charge in [-0.15, -0.1) is 0 Å². The molecule has 0 bridgehead atoms. The molecule has 0 unspecified atom stereocenters. The van der Waals surface area contributed by atoms with Gasteiger partial charge >= 0.3 is 0 Å². The van der Waals surface area contributed by atoms with E-state index >= 15 is 0 Å². The lowest BCUT2D eigenvalue weighted by Gasteiger charge is -2.08. The molecule has 0 amide bonds. The molecule has 0 saturated carbocycles. The maximum Gasteiger partial charge on any atom is 0.128 e. The maximum absolute atomic E-state index is 10.4. The first-order valence-electron chi connectivity index (χ1n) is 16.0. The highest BCUT2D eigenvalue weighted by atomic mass is 16.5. The topological polar surface area (TPSA) is 51.0 Å². The number of benzene rings is 2. The molecule has 2 rings (SSSR count). The zero-order valence-corrected chi connectivity index (χ0v) is 25.0. The molecule has 0 aromatic heterocycles. The van der Waals surface area contributed by atoms with Crippen molar-refractivity contribution >= 4 is 11.9 Å². The summed E-state index contributed by atoms with van der Waals surface area (Å²) in [6.07, 6.45) is 25.2. The summed E-state index contributed by atoms with van der Waals surface area (Å²) in [6, 6.07) is 13.3. The Morgan fingerprint density at radius 1 is 0.564 bits per heavy atom. The molecule has 4 nitrogen and oxygen atoms in total. The smallest absolute Gasteiger partial charge is 0.128 e. The summed E-state index contributed by atoms with van der Waals surface area (Å²) in [5, 5.41) is 10.4. The van der Waals surface area contributed by atoms with Crippen LogP contribution in [0.1, 0.15) is 135 Å². The van der Waals surface area contributed by atoms with Crippen molar-refractivity contribution < 1.29 is 14.6 Å². The Kier molecular flexibility index (Phi) is 18.7. The zero-order chi connectivity index (χ0) is 27.8. The number of phenols is 1. The Labute approximate surface area is 239 Å². The van der Waals surface area contributed by atoms with Gasteiger partial charge in [-0.1, -0.05) is 117 Å². The standard InChI is InChI=1S/C35H55NO3/c1-3-5-7-9-11-13-14-16-17-19-27-38-33-25-22-32(23-26-33)36-30-31-21-24-34(29-35(31)37)39-28-20-18-15-12-10-8-6-4-2/h21-26,29-30,37H,3-20,27-28H2,1-2H3. The molecule has 0 spiro atoms. The van der Waals surface area contributed by atoms with E-state index in [-0.39, 0.29) is 5.75 Å². The fourth-order valence-electron chi connectivity index (χ4n) is 4.70. The number of ether oxygens (including phenoxy) is 2. The van der Waals surface area contributed by atoms with Crippen LogP contribution >= 0.6 is 0 Å². The number of aromatic hydroxyl groups is 1. The van der Waals surface area contributed by atoms with E-state index < -0.39 is 0 Å². The first-order chi connectivity index (χ1) is 19.2. The summed E-state index contributed by atoms with van der Waals surface area (Å²) in [4.78, 5) is 4.51. The molecular formula is C35H55NO3. The molecule has 0 radical (unpaired) electrons. The van der Waals surface area contributed by atoms with E-state index in [0.717, 1.165) is 30.9 Å². The Hall–Kier alpha value is -2.49. The zero-order valence-electron chi connectivity index (χ0n) is 25.0. The molecule has 1 N–H and O–H groups in total. The van der Waals surface area contributed by atoms with Crippen molar-refractivity contribution in [3.8, 4) is 17.2 Å². The quantitative estimate of drug-likeness (QED) is 0.107. The third kappa shape index (κ3) is 16.3. The molecule has 0 aliphatic carbocycles. The van der Waals surface area contributed by atoms with Crippen molar-refractivity contribution in [2.45, 2.75) is 129 Å². The van der Waals surface area contributed by atoms with Gasteiger partial charge < -0.3 is 14.6 Å². The van der Waals surface area contributed by atoms with Crippen LogP contribution in [0.4, 0.5) is 5.69 Å². The second kappa shape index (κ2) is 22.3. The molecule has 0 heterocycles. The lowest BCUT2D eigenvalue weighted by molar-refractivity contribution is 0.302. The number of aliphatic imine (C=N–C) groups is 1. The summed E-state index contributed by atoms with van der Waals surface area (Å²) in [5.74, 6) is 1.77. The van der Waals surface area contributed by atoms with E-state index in [1.807, 2.05) is 36.4 Å². The van der Waals surface area contributed by atoms with E-state index in [1.54, 1.807) is 12.3 Å². The van der Waals surface area contributed by atoms with Gasteiger partial charge in [0.05, 0.1) is 18.9 Å². The highest BCUT2D eigenvalue weighted by molar-refractivity contribution is 5.85. The van der Waals surface area contributed by atoms with Gasteiger partial charge in [0.2, 0.25) is 0 Å². The van der Waals surface area contributed by atoms with Crippen molar-refractivity contribution in [3.63, 3.8) is 0 Å². The van der Waals surface area contributed by atoms with Crippen molar-refractivity contribution in [1.29, 1.82) is 0 Å². The SMILES string of the molecule is CCCCCCCCCCCCOc1ccc(N=Cc2ccc(OCCCCCCCCCC)cc2O)cc1. The first-order valence-corrected chi connectivity index (χ1v) is 16.0. The average molecular weight is 538 g/mol. The molecule has 0 fully saturated rings. The summed E-state index contributed by atoms with van der Waals surface area (Å²) in [6.45, 7) is 5.98. The number of phenolic OH excluding ortho intramolecular Hbond substituents is 1. The van der Waals surface area contributed by atoms with E-state index in [4.69, 9.17) is 9.47 Å². The highest BCUT2D eigenvalue weighted by Crippen LogP contribution is 2.24. The third-order valence-corrected chi connectivity index (χ3v) is 7.22. The van der Waals surface area contributed by atoms with E-state index in [2.05, 4.69) is 18.8 Å². The fourth-order valence-corrected chi connectivity index (χ4v) is 4.70. The highest BCUT2D eigenvalue weighted by Gasteiger charge is 2.03. The average Bonchev–Trinajstić information content (AvgIpc) is 2.95. The van der Waals surface area contributed by atoms with Crippen molar-refractivity contribution in [2.24, 2.45) is 4.99 Å². The van der Waals surface area contributed by atoms with Crippen LogP contribution in [0.3, 0.4) is 0 Å². The minimum atomic E-state index is 0.184. The van der Waals surface area contributed by atoms with Gasteiger partial charge in [-0.2, -0.15) is 0 Å². The molecule has 0 atom stereocenters. The Balaban J connectivity index is 1.58. The van der Waals surface area contributed by atoms with Crippen LogP contribution in [0, 0.1) is 0 Å². The second-order valence-corrected chi connectivity index (χ2v) is 10.8. The van der Waals surface area contributed by atoms with Crippen LogP contribution in [0.5, 0.6) is 17.2 Å². The van der Waals surface area contributed by atoms with Crippen LogP contribution in [0.2, 0.25) is 0 Å². The lowest BCUT2D eigenvalue weighted by Crippen LogP contribution is -1.97. The number of nitrogens with zero attached hydrogens (tertiary/aromatic N) is 1. The van der Waals surface area contributed by atoms with Crippen LogP contribution in [0.15, 0.2) is 47.5 Å². The monoisotopic (exact) mass is 537 g/mol. The molecule has 2 aromatic carbocycles. The second-order valence-electron chi connectivity index (χ2n) is 10.8. The van der Waals surface area contributed by atoms with Crippen LogP contribution in [-0.2, 0) is 0 Å². The van der Waals surface area contributed by atoms with Gasteiger partial charge in [0.25, 0.3) is 0 Å². The molecule has 39 heavy (non-hydrogen) atoms. The maximum atomic E-state index is 10.4. The van der Waals surface area contributed by atoms with Gasteiger partial charge in [-0.25, -0.2) is 0 Å². The fraction of sp³-hybridized carbons (Fsp3) is 0.629.